The van der Waals surface area contributed by atoms with Crippen LogP contribution in [0.25, 0.3) is 10.9 Å². The van der Waals surface area contributed by atoms with E-state index >= 15 is 0 Å². The molecule has 0 aliphatic heterocycles. The molecule has 24 heavy (non-hydrogen) atoms. The van der Waals surface area contributed by atoms with Gasteiger partial charge in [0, 0.05) is 25.7 Å². The predicted octanol–water partition coefficient (Wildman–Crippen LogP) is 2.67. The Labute approximate surface area is 141 Å². The van der Waals surface area contributed by atoms with Gasteiger partial charge in [-0.2, -0.15) is 0 Å². The van der Waals surface area contributed by atoms with Gasteiger partial charge in [-0.25, -0.2) is 0 Å². The van der Waals surface area contributed by atoms with Crippen LogP contribution in [0.2, 0.25) is 0 Å². The molecule has 3 rings (SSSR count). The standard InChI is InChI=1S/C20H22N2O2/c1-14-6-5-8-16(10-14)19(23)13-21-12-17-11-15-7-3-4-9-18(15)22(2)20(17)24/h3-11,19,21,23H,12-13H2,1-2H3. The van der Waals surface area contributed by atoms with Crippen LogP contribution in [0, 0.1) is 6.92 Å². The highest BCUT2D eigenvalue weighted by molar-refractivity contribution is 5.79. The van der Waals surface area contributed by atoms with Crippen LogP contribution in [-0.2, 0) is 13.6 Å². The van der Waals surface area contributed by atoms with Crippen LogP contribution in [-0.4, -0.2) is 16.2 Å². The first-order valence-corrected chi connectivity index (χ1v) is 8.09. The summed E-state index contributed by atoms with van der Waals surface area (Å²) in [4.78, 5) is 12.4. The summed E-state index contributed by atoms with van der Waals surface area (Å²) in [5.41, 5.74) is 3.62. The van der Waals surface area contributed by atoms with Gasteiger partial charge in [-0.3, -0.25) is 4.79 Å². The van der Waals surface area contributed by atoms with Gasteiger partial charge >= 0.3 is 0 Å². The Morgan fingerprint density at radius 1 is 1.12 bits per heavy atom. The third-order valence-electron chi connectivity index (χ3n) is 4.29. The van der Waals surface area contributed by atoms with Crippen molar-refractivity contribution in [3.8, 4) is 0 Å². The van der Waals surface area contributed by atoms with E-state index in [-0.39, 0.29) is 5.56 Å². The van der Waals surface area contributed by atoms with Crippen LogP contribution in [0.3, 0.4) is 0 Å². The Hall–Kier alpha value is -2.43. The van der Waals surface area contributed by atoms with Crippen LogP contribution in [0.1, 0.15) is 22.8 Å². The van der Waals surface area contributed by atoms with Crippen molar-refractivity contribution in [2.24, 2.45) is 7.05 Å². The van der Waals surface area contributed by atoms with Crippen LogP contribution in [0.5, 0.6) is 0 Å². The van der Waals surface area contributed by atoms with E-state index in [4.69, 9.17) is 0 Å². The zero-order chi connectivity index (χ0) is 17.1. The molecule has 3 aromatic rings. The van der Waals surface area contributed by atoms with Gasteiger partial charge in [-0.05, 0) is 30.0 Å². The minimum atomic E-state index is -0.589. The van der Waals surface area contributed by atoms with E-state index in [0.717, 1.165) is 22.0 Å². The van der Waals surface area contributed by atoms with Crippen molar-refractivity contribution < 1.29 is 5.11 Å². The quantitative estimate of drug-likeness (QED) is 0.759. The first kappa shape index (κ1) is 16.4. The molecule has 124 valence electrons. The van der Waals surface area contributed by atoms with Crippen LogP contribution in [0.15, 0.2) is 59.4 Å². The van der Waals surface area contributed by atoms with Gasteiger partial charge in [0.05, 0.1) is 11.6 Å². The number of aliphatic hydroxyl groups excluding tert-OH is 1. The fourth-order valence-electron chi connectivity index (χ4n) is 2.95. The molecule has 2 N–H and O–H groups in total. The summed E-state index contributed by atoms with van der Waals surface area (Å²) in [6.45, 7) is 2.84. The summed E-state index contributed by atoms with van der Waals surface area (Å²) in [7, 11) is 1.79. The second-order valence-electron chi connectivity index (χ2n) is 6.15. The van der Waals surface area contributed by atoms with Crippen molar-refractivity contribution in [3.63, 3.8) is 0 Å². The van der Waals surface area contributed by atoms with E-state index < -0.39 is 6.10 Å². The fraction of sp³-hybridized carbons (Fsp3) is 0.250. The Kier molecular flexibility index (Phi) is 4.79. The van der Waals surface area contributed by atoms with E-state index in [1.165, 1.54) is 0 Å². The Morgan fingerprint density at radius 3 is 2.71 bits per heavy atom. The maximum atomic E-state index is 12.4. The van der Waals surface area contributed by atoms with Gasteiger partial charge in [0.2, 0.25) is 0 Å². The molecule has 1 atom stereocenters. The summed E-state index contributed by atoms with van der Waals surface area (Å²) in [5, 5.41) is 14.5. The Balaban J connectivity index is 1.72. The van der Waals surface area contributed by atoms with Gasteiger partial charge in [0.1, 0.15) is 0 Å². The normalized spacial score (nSPS) is 12.5. The van der Waals surface area contributed by atoms with Gasteiger partial charge in [0.25, 0.3) is 5.56 Å². The van der Waals surface area contributed by atoms with Crippen molar-refractivity contribution >= 4 is 10.9 Å². The van der Waals surface area contributed by atoms with Crippen molar-refractivity contribution in [3.05, 3.63) is 81.6 Å². The van der Waals surface area contributed by atoms with E-state index in [2.05, 4.69) is 5.32 Å². The monoisotopic (exact) mass is 322 g/mol. The number of nitrogens with one attached hydrogen (secondary N) is 1. The molecule has 0 bridgehead atoms. The minimum Gasteiger partial charge on any atom is -0.387 e. The number of aromatic nitrogens is 1. The minimum absolute atomic E-state index is 0.00811. The SMILES string of the molecule is Cc1cccc(C(O)CNCc2cc3ccccc3n(C)c2=O)c1. The molecular weight excluding hydrogens is 300 g/mol. The summed E-state index contributed by atoms with van der Waals surface area (Å²) in [5.74, 6) is 0. The van der Waals surface area contributed by atoms with Gasteiger partial charge in [-0.1, -0.05) is 48.0 Å². The van der Waals surface area contributed by atoms with E-state index in [9.17, 15) is 9.90 Å². The summed E-state index contributed by atoms with van der Waals surface area (Å²) < 4.78 is 1.67. The lowest BCUT2D eigenvalue weighted by atomic mass is 10.1. The van der Waals surface area contributed by atoms with Gasteiger partial charge in [-0.15, -0.1) is 0 Å². The molecule has 1 unspecified atom stereocenters. The molecule has 0 amide bonds. The molecule has 0 radical (unpaired) electrons. The number of para-hydroxylation sites is 1. The van der Waals surface area contributed by atoms with Crippen molar-refractivity contribution in [1.29, 1.82) is 0 Å². The third-order valence-corrected chi connectivity index (χ3v) is 4.29. The van der Waals surface area contributed by atoms with Crippen molar-refractivity contribution in [2.75, 3.05) is 6.54 Å². The Morgan fingerprint density at radius 2 is 1.92 bits per heavy atom. The lowest BCUT2D eigenvalue weighted by Crippen LogP contribution is -2.28. The predicted molar refractivity (Wildman–Crippen MR) is 97.0 cm³/mol. The number of rotatable bonds is 5. The molecule has 0 fully saturated rings. The van der Waals surface area contributed by atoms with Crippen LogP contribution in [0.4, 0.5) is 0 Å². The highest BCUT2D eigenvalue weighted by atomic mass is 16.3. The number of nitrogens with zero attached hydrogens (tertiary/aromatic N) is 1. The molecule has 1 aromatic heterocycles. The number of fused-ring (bicyclic) bond motifs is 1. The van der Waals surface area contributed by atoms with Crippen molar-refractivity contribution in [1.82, 2.24) is 9.88 Å². The maximum Gasteiger partial charge on any atom is 0.255 e. The average molecular weight is 322 g/mol. The average Bonchev–Trinajstić information content (AvgIpc) is 2.59. The van der Waals surface area contributed by atoms with E-state index in [1.807, 2.05) is 61.5 Å². The highest BCUT2D eigenvalue weighted by Gasteiger charge is 2.09. The number of aliphatic hydroxyl groups is 1. The number of benzene rings is 2. The zero-order valence-corrected chi connectivity index (χ0v) is 14.0. The van der Waals surface area contributed by atoms with Gasteiger partial charge in [0.15, 0.2) is 0 Å². The van der Waals surface area contributed by atoms with Crippen LogP contribution < -0.4 is 10.9 Å². The van der Waals surface area contributed by atoms with E-state index in [0.29, 0.717) is 18.7 Å². The highest BCUT2D eigenvalue weighted by Crippen LogP contribution is 2.14. The summed E-state index contributed by atoms with van der Waals surface area (Å²) >= 11 is 0. The number of pyridine rings is 1. The second-order valence-corrected chi connectivity index (χ2v) is 6.15. The molecule has 4 nitrogen and oxygen atoms in total. The smallest absolute Gasteiger partial charge is 0.255 e. The molecule has 4 heteroatoms. The van der Waals surface area contributed by atoms with Gasteiger partial charge < -0.3 is 15.0 Å². The molecule has 0 spiro atoms. The Bertz CT molecular complexity index is 915. The van der Waals surface area contributed by atoms with Crippen molar-refractivity contribution in [2.45, 2.75) is 19.6 Å². The molecular formula is C20H22N2O2. The van der Waals surface area contributed by atoms with Crippen LogP contribution >= 0.6 is 0 Å². The van der Waals surface area contributed by atoms with E-state index in [1.54, 1.807) is 11.6 Å². The first-order valence-electron chi connectivity index (χ1n) is 8.09. The fourth-order valence-corrected chi connectivity index (χ4v) is 2.95. The largest absolute Gasteiger partial charge is 0.387 e. The topological polar surface area (TPSA) is 54.3 Å². The number of aryl methyl sites for hydroxylation is 2. The summed E-state index contributed by atoms with van der Waals surface area (Å²) in [6, 6.07) is 17.6. The lowest BCUT2D eigenvalue weighted by molar-refractivity contribution is 0.174. The molecule has 0 saturated carbocycles. The zero-order valence-electron chi connectivity index (χ0n) is 14.0. The number of hydrogen-bond donors (Lipinski definition) is 2. The maximum absolute atomic E-state index is 12.4. The third kappa shape index (κ3) is 3.40. The number of hydrogen-bond acceptors (Lipinski definition) is 3. The molecule has 2 aromatic carbocycles. The molecule has 1 heterocycles. The molecule has 0 aliphatic carbocycles. The molecule has 0 saturated heterocycles. The molecule has 0 aliphatic rings. The lowest BCUT2D eigenvalue weighted by Gasteiger charge is -2.14. The first-order chi connectivity index (χ1) is 11.6. The summed E-state index contributed by atoms with van der Waals surface area (Å²) in [6.07, 6.45) is -0.589. The second kappa shape index (κ2) is 6.99.